The monoisotopic (exact) mass is 680 g/mol. The topological polar surface area (TPSA) is 114 Å². The molecule has 1 atom stereocenters. The first-order chi connectivity index (χ1) is 21.7. The van der Waals surface area contributed by atoms with Crippen LogP contribution in [0.4, 0.5) is 17.1 Å². The molecule has 0 spiro atoms. The maximum absolute atomic E-state index is 13.5. The van der Waals surface area contributed by atoms with Crippen LogP contribution in [-0.2, 0) is 14.3 Å². The van der Waals surface area contributed by atoms with E-state index in [1.807, 2.05) is 0 Å². The third-order valence-electron chi connectivity index (χ3n) is 7.67. The summed E-state index contributed by atoms with van der Waals surface area (Å²) in [7, 11) is 0. The number of hydrogen-bond donors (Lipinski definition) is 1. The van der Waals surface area contributed by atoms with Crippen molar-refractivity contribution in [2.45, 2.75) is 116 Å². The molecule has 0 radical (unpaired) electrons. The van der Waals surface area contributed by atoms with Crippen LogP contribution in [0.25, 0.3) is 0 Å². The van der Waals surface area contributed by atoms with Gasteiger partial charge in [0.2, 0.25) is 6.10 Å². The molecule has 1 fully saturated rings. The highest BCUT2D eigenvalue weighted by molar-refractivity contribution is 6.43. The van der Waals surface area contributed by atoms with Crippen molar-refractivity contribution in [1.29, 1.82) is 0 Å². The summed E-state index contributed by atoms with van der Waals surface area (Å²) in [5, 5.41) is 12.6. The van der Waals surface area contributed by atoms with Crippen LogP contribution in [0, 0.1) is 10.1 Å². The van der Waals surface area contributed by atoms with Crippen molar-refractivity contribution < 1.29 is 19.2 Å². The maximum atomic E-state index is 13.5. The largest absolute Gasteiger partial charge is 0.444 e. The Hall–Kier alpha value is -2.88. The number of ether oxygens (including phenoxy) is 1. The van der Waals surface area contributed by atoms with Gasteiger partial charge in [-0.25, -0.2) is 10.0 Å². The predicted molar refractivity (Wildman–Crippen MR) is 182 cm³/mol. The molecule has 1 aliphatic rings. The van der Waals surface area contributed by atoms with Crippen molar-refractivity contribution in [2.75, 3.05) is 5.01 Å². The minimum Gasteiger partial charge on any atom is -0.444 e. The van der Waals surface area contributed by atoms with Gasteiger partial charge in [-0.3, -0.25) is 25.1 Å². The number of nitro benzene ring substituents is 1. The Morgan fingerprint density at radius 3 is 1.84 bits per heavy atom. The van der Waals surface area contributed by atoms with Gasteiger partial charge in [-0.05, 0) is 30.7 Å². The van der Waals surface area contributed by atoms with Gasteiger partial charge < -0.3 is 4.74 Å². The zero-order valence-electron chi connectivity index (χ0n) is 25.9. The fourth-order valence-corrected chi connectivity index (χ4v) is 6.17. The van der Waals surface area contributed by atoms with E-state index in [4.69, 9.17) is 39.5 Å². The van der Waals surface area contributed by atoms with Crippen LogP contribution in [0.15, 0.2) is 41.4 Å². The Morgan fingerprint density at radius 2 is 1.36 bits per heavy atom. The Balaban J connectivity index is 1.48. The SMILES string of the molecule is CCCCCCCCCCCCCCCCCC(=O)OC1C(=O)N(c2c(Cl)cc(Cl)cc2Cl)NC1=Nc1ccc([N+](=O)[O-])cc1. The van der Waals surface area contributed by atoms with Gasteiger partial charge >= 0.3 is 5.97 Å². The zero-order valence-corrected chi connectivity index (χ0v) is 28.1. The molecule has 0 bridgehead atoms. The lowest BCUT2D eigenvalue weighted by Crippen LogP contribution is -2.36. The summed E-state index contributed by atoms with van der Waals surface area (Å²) in [6, 6.07) is 8.30. The highest BCUT2D eigenvalue weighted by atomic mass is 35.5. The van der Waals surface area contributed by atoms with Crippen LogP contribution in [0.3, 0.4) is 0 Å². The number of esters is 1. The van der Waals surface area contributed by atoms with Crippen LogP contribution in [-0.4, -0.2) is 28.7 Å². The number of carbonyl (C=O) groups is 2. The third kappa shape index (κ3) is 12.1. The smallest absolute Gasteiger partial charge is 0.307 e. The van der Waals surface area contributed by atoms with Crippen LogP contribution >= 0.6 is 34.8 Å². The first-order valence-electron chi connectivity index (χ1n) is 16.0. The van der Waals surface area contributed by atoms with Gasteiger partial charge in [0.15, 0.2) is 5.84 Å². The number of nitrogens with one attached hydrogen (secondary N) is 1. The van der Waals surface area contributed by atoms with E-state index in [1.54, 1.807) is 0 Å². The normalized spacial score (nSPS) is 15.5. The third-order valence-corrected chi connectivity index (χ3v) is 8.46. The Labute approximate surface area is 280 Å². The average Bonchev–Trinajstić information content (AvgIpc) is 3.28. The van der Waals surface area contributed by atoms with E-state index < -0.39 is 22.9 Å². The molecular weight excluding hydrogens is 639 g/mol. The molecule has 45 heavy (non-hydrogen) atoms. The summed E-state index contributed by atoms with van der Waals surface area (Å²) >= 11 is 18.7. The van der Waals surface area contributed by atoms with Crippen LogP contribution in [0.5, 0.6) is 0 Å². The highest BCUT2D eigenvalue weighted by Gasteiger charge is 2.43. The van der Waals surface area contributed by atoms with Crippen LogP contribution in [0.1, 0.15) is 110 Å². The lowest BCUT2D eigenvalue weighted by molar-refractivity contribution is -0.384. The van der Waals surface area contributed by atoms with E-state index in [9.17, 15) is 19.7 Å². The number of rotatable bonds is 20. The van der Waals surface area contributed by atoms with Crippen molar-refractivity contribution >= 4 is 69.6 Å². The number of amidine groups is 1. The summed E-state index contributed by atoms with van der Waals surface area (Å²) in [5.41, 5.74) is 3.17. The zero-order chi connectivity index (χ0) is 32.6. The Bertz CT molecular complexity index is 1280. The summed E-state index contributed by atoms with van der Waals surface area (Å²) in [6.07, 6.45) is 17.0. The molecule has 0 saturated carbocycles. The van der Waals surface area contributed by atoms with Gasteiger partial charge in [-0.1, -0.05) is 132 Å². The molecule has 0 aliphatic carbocycles. The van der Waals surface area contributed by atoms with E-state index in [-0.39, 0.29) is 38.7 Å². The van der Waals surface area contributed by atoms with Gasteiger partial charge in [-0.15, -0.1) is 0 Å². The summed E-state index contributed by atoms with van der Waals surface area (Å²) in [5.74, 6) is -1.16. The van der Waals surface area contributed by atoms with Crippen LogP contribution < -0.4 is 10.4 Å². The lowest BCUT2D eigenvalue weighted by Gasteiger charge is -2.19. The number of nitrogens with zero attached hydrogens (tertiary/aromatic N) is 3. The maximum Gasteiger partial charge on any atom is 0.307 e. The molecule has 246 valence electrons. The Kier molecular flexibility index (Phi) is 15.9. The van der Waals surface area contributed by atoms with Crippen molar-refractivity contribution in [3.63, 3.8) is 0 Å². The van der Waals surface area contributed by atoms with Crippen molar-refractivity contribution in [3.8, 4) is 0 Å². The standard InChI is InChI=1S/C33H43Cl3N4O5/c1-2-3-4-5-6-7-8-9-10-11-12-13-14-15-16-17-29(41)45-31-32(37-25-18-20-26(21-19-25)40(43)44)38-39(33(31)42)30-27(35)22-24(34)23-28(30)36/h18-23,31H,2-17H2,1H3,(H,37,38). The number of benzene rings is 2. The van der Waals surface area contributed by atoms with Crippen molar-refractivity contribution in [2.24, 2.45) is 4.99 Å². The number of halogens is 3. The molecule has 1 amide bonds. The number of carbonyl (C=O) groups excluding carboxylic acids is 2. The fourth-order valence-electron chi connectivity index (χ4n) is 5.19. The first-order valence-corrected chi connectivity index (χ1v) is 17.1. The first kappa shape index (κ1) is 36.6. The number of hydrazine groups is 1. The van der Waals surface area contributed by atoms with Gasteiger partial charge in [0.1, 0.15) is 5.69 Å². The molecule has 1 heterocycles. The number of hydrogen-bond acceptors (Lipinski definition) is 6. The molecule has 1 unspecified atom stereocenters. The quantitative estimate of drug-likeness (QED) is 0.0644. The molecule has 3 rings (SSSR count). The van der Waals surface area contributed by atoms with Crippen molar-refractivity contribution in [1.82, 2.24) is 5.43 Å². The Morgan fingerprint density at radius 1 is 0.867 bits per heavy atom. The van der Waals surface area contributed by atoms with E-state index >= 15 is 0 Å². The minimum absolute atomic E-state index is 0.0146. The second-order valence-corrected chi connectivity index (χ2v) is 12.6. The number of nitro groups is 1. The summed E-state index contributed by atoms with van der Waals surface area (Å²) in [4.78, 5) is 41.2. The number of amides is 1. The number of aliphatic imine (C=N–C) groups is 1. The lowest BCUT2D eigenvalue weighted by atomic mass is 10.0. The molecule has 1 saturated heterocycles. The molecule has 0 aromatic heterocycles. The number of unbranched alkanes of at least 4 members (excludes halogenated alkanes) is 14. The van der Waals surface area contributed by atoms with E-state index in [1.165, 1.54) is 107 Å². The molecule has 12 heteroatoms. The summed E-state index contributed by atoms with van der Waals surface area (Å²) < 4.78 is 5.60. The molecule has 1 aliphatic heterocycles. The van der Waals surface area contributed by atoms with E-state index in [2.05, 4.69) is 17.3 Å². The van der Waals surface area contributed by atoms with E-state index in [0.717, 1.165) is 24.3 Å². The summed E-state index contributed by atoms with van der Waals surface area (Å²) in [6.45, 7) is 2.25. The molecule has 9 nitrogen and oxygen atoms in total. The molecule has 2 aromatic carbocycles. The van der Waals surface area contributed by atoms with Gasteiger partial charge in [0.05, 0.1) is 20.7 Å². The fraction of sp³-hybridized carbons (Fsp3) is 0.545. The van der Waals surface area contributed by atoms with Gasteiger partial charge in [-0.2, -0.15) is 0 Å². The molecular formula is C33H43Cl3N4O5. The highest BCUT2D eigenvalue weighted by Crippen LogP contribution is 2.37. The number of anilines is 1. The predicted octanol–water partition coefficient (Wildman–Crippen LogP) is 10.3. The molecule has 2 aromatic rings. The van der Waals surface area contributed by atoms with Crippen molar-refractivity contribution in [3.05, 3.63) is 61.6 Å². The van der Waals surface area contributed by atoms with Gasteiger partial charge in [0.25, 0.3) is 11.6 Å². The van der Waals surface area contributed by atoms with E-state index in [0.29, 0.717) is 12.1 Å². The molecule has 1 N–H and O–H groups in total. The second-order valence-electron chi connectivity index (χ2n) is 11.3. The van der Waals surface area contributed by atoms with Gasteiger partial charge in [0, 0.05) is 23.6 Å². The second kappa shape index (κ2) is 19.6. The average molecular weight is 682 g/mol. The minimum atomic E-state index is -1.38. The number of non-ortho nitro benzene ring substituents is 1. The van der Waals surface area contributed by atoms with Crippen LogP contribution in [0.2, 0.25) is 15.1 Å².